The normalized spacial score (nSPS) is 9.38. The third-order valence-corrected chi connectivity index (χ3v) is 13.0. The Morgan fingerprint density at radius 2 is 0.602 bits per heavy atom. The Morgan fingerprint density at radius 1 is 0.333 bits per heavy atom. The number of nitrogens with zero attached hydrogens (tertiary/aromatic N) is 8. The molecule has 0 amide bonds. The van der Waals surface area contributed by atoms with Gasteiger partial charge in [0.15, 0.2) is 0 Å². The van der Waals surface area contributed by atoms with Gasteiger partial charge in [0.25, 0.3) is 0 Å². The number of para-hydroxylation sites is 1. The van der Waals surface area contributed by atoms with Crippen LogP contribution in [0.1, 0.15) is 43.5 Å². The van der Waals surface area contributed by atoms with Gasteiger partial charge in [0.1, 0.15) is 5.75 Å². The van der Waals surface area contributed by atoms with E-state index in [0.717, 1.165) is 73.8 Å². The molecule has 556 valence electrons. The Bertz CT molecular complexity index is 4350. The number of rotatable bonds is 19. The smallest absolute Gasteiger partial charge is 0.540 e. The largest absolute Gasteiger partial charge is 1.00 e. The Labute approximate surface area is 681 Å². The molecule has 0 bridgehead atoms. The molecular formula is C84H76N8O12Os4. The Balaban J connectivity index is 0.000000422. The van der Waals surface area contributed by atoms with Crippen molar-refractivity contribution < 1.29 is 138 Å². The van der Waals surface area contributed by atoms with Crippen molar-refractivity contribution >= 4 is 23.9 Å². The van der Waals surface area contributed by atoms with Gasteiger partial charge in [-0.15, -0.1) is 97.1 Å². The molecule has 20 nitrogen and oxygen atoms in total. The summed E-state index contributed by atoms with van der Waals surface area (Å²) in [4.78, 5) is 73.0. The predicted molar refractivity (Wildman–Crippen MR) is 396 cm³/mol. The van der Waals surface area contributed by atoms with Gasteiger partial charge in [-0.3, -0.25) is 39.1 Å². The summed E-state index contributed by atoms with van der Waals surface area (Å²) in [7, 11) is 1.65. The number of pyridine rings is 8. The van der Waals surface area contributed by atoms with Crippen molar-refractivity contribution in [2.45, 2.75) is 52.6 Å². The van der Waals surface area contributed by atoms with Gasteiger partial charge in [0.2, 0.25) is 0 Å². The fourth-order valence-corrected chi connectivity index (χ4v) is 8.66. The molecular weight excluding hydrogens is 2070 g/mol. The molecule has 24 heteroatoms. The van der Waals surface area contributed by atoms with Crippen LogP contribution in [0.15, 0.2) is 298 Å². The molecule has 0 saturated heterocycles. The maximum absolute atomic E-state index is 10.1. The molecule has 0 aliphatic rings. The molecule has 8 heterocycles. The Kier molecular flexibility index (Phi) is 47.7. The van der Waals surface area contributed by atoms with Crippen LogP contribution in [0.4, 0.5) is 0 Å². The molecule has 108 heavy (non-hydrogen) atoms. The minimum atomic E-state index is -0.848. The van der Waals surface area contributed by atoms with Crippen molar-refractivity contribution in [3.05, 3.63) is 345 Å². The van der Waals surface area contributed by atoms with E-state index in [1.807, 2.05) is 197 Å². The molecule has 0 aliphatic heterocycles. The summed E-state index contributed by atoms with van der Waals surface area (Å²) < 4.78 is 22.4. The van der Waals surface area contributed by atoms with Crippen molar-refractivity contribution in [3.63, 3.8) is 0 Å². The van der Waals surface area contributed by atoms with Crippen LogP contribution < -0.4 is 18.9 Å². The van der Waals surface area contributed by atoms with Crippen molar-refractivity contribution in [2.75, 3.05) is 13.7 Å². The summed E-state index contributed by atoms with van der Waals surface area (Å²) in [5, 5.41) is 33.3. The number of methoxy groups -OCH3 is 1. The van der Waals surface area contributed by atoms with E-state index >= 15 is 0 Å². The number of ether oxygens (including phenoxy) is 4. The van der Waals surface area contributed by atoms with Crippen LogP contribution in [0.5, 0.6) is 28.7 Å². The molecule has 0 fully saturated rings. The summed E-state index contributed by atoms with van der Waals surface area (Å²) in [6.07, 6.45) is 13.5. The maximum atomic E-state index is 10.1. The van der Waals surface area contributed by atoms with E-state index in [-0.39, 0.29) is 111 Å². The second-order valence-electron chi connectivity index (χ2n) is 21.3. The van der Waals surface area contributed by atoms with Gasteiger partial charge < -0.3 is 59.3 Å². The van der Waals surface area contributed by atoms with Gasteiger partial charge in [0, 0.05) is 72.6 Å². The van der Waals surface area contributed by atoms with Crippen LogP contribution in [0.25, 0.3) is 45.0 Å². The fourth-order valence-electron chi connectivity index (χ4n) is 8.66. The van der Waals surface area contributed by atoms with Crippen LogP contribution in [0.3, 0.4) is 0 Å². The topological polar surface area (TPSA) is 289 Å². The van der Waals surface area contributed by atoms with Gasteiger partial charge in [-0.2, -0.15) is 0 Å². The third-order valence-electron chi connectivity index (χ3n) is 13.0. The van der Waals surface area contributed by atoms with Gasteiger partial charge in [0.05, 0.1) is 68.3 Å². The number of carboxylic acids is 4. The van der Waals surface area contributed by atoms with E-state index in [1.165, 1.54) is 0 Å². The first-order chi connectivity index (χ1) is 50.7. The first kappa shape index (κ1) is 93.0. The number of carboxylic acid groups (broad SMARTS) is 4. The molecule has 8 aromatic heterocycles. The van der Waals surface area contributed by atoms with Crippen LogP contribution in [-0.2, 0) is 124 Å². The number of benzene rings is 5. The second-order valence-corrected chi connectivity index (χ2v) is 21.3. The molecule has 0 atom stereocenters. The molecule has 13 rings (SSSR count). The molecule has 13 aromatic rings. The zero-order chi connectivity index (χ0) is 74.2. The molecule has 5 aromatic carbocycles. The predicted octanol–water partition coefficient (Wildman–Crippen LogP) is 16.0. The number of carbonyl (C=O) groups is 4. The summed E-state index contributed by atoms with van der Waals surface area (Å²) in [5.41, 5.74) is 9.48. The molecule has 4 N–H and O–H groups in total. The summed E-state index contributed by atoms with van der Waals surface area (Å²) >= 11 is 0. The summed E-state index contributed by atoms with van der Waals surface area (Å²) in [6.45, 7) is 6.64. The van der Waals surface area contributed by atoms with Crippen LogP contribution in [-0.4, -0.2) is 104 Å². The van der Waals surface area contributed by atoms with Gasteiger partial charge in [-0.1, -0.05) is 113 Å². The van der Waals surface area contributed by atoms with Crippen molar-refractivity contribution in [2.24, 2.45) is 0 Å². The van der Waals surface area contributed by atoms with E-state index < -0.39 is 23.9 Å². The first-order valence-electron chi connectivity index (χ1n) is 32.4. The van der Waals surface area contributed by atoms with Crippen molar-refractivity contribution in [1.82, 2.24) is 39.9 Å². The minimum absolute atomic E-state index is 0. The van der Waals surface area contributed by atoms with Crippen LogP contribution in [0.2, 0.25) is 0 Å². The van der Waals surface area contributed by atoms with E-state index in [0.29, 0.717) is 29.4 Å². The Morgan fingerprint density at radius 3 is 0.880 bits per heavy atom. The zero-order valence-corrected chi connectivity index (χ0v) is 69.1. The number of aromatic nitrogens is 8. The average Bonchev–Trinajstić information content (AvgIpc) is 0.860. The summed E-state index contributed by atoms with van der Waals surface area (Å²) in [5.74, 6) is 0.627. The number of hydrogen-bond donors (Lipinski definition) is 4. The number of aliphatic carboxylic acids is 4. The van der Waals surface area contributed by atoms with Crippen LogP contribution >= 0.6 is 0 Å². The minimum Gasteiger partial charge on any atom is -0.540 e. The van der Waals surface area contributed by atoms with Crippen LogP contribution in [0, 0.1) is 24.3 Å². The zero-order valence-electron chi connectivity index (χ0n) is 58.9. The standard InChI is InChI=1S/C17H12NO.C14H14NO.C13H12NO.C12H10NO.4C7H7NO2.4Os/c1-2-8-14(9-3-1)19-17-12-5-4-10-15(17)16-11-6-7-13-18-16;1-11(2)16-14-9-4-3-7-12(14)13-8-5-6-10-15-13;1-2-15-13-9-4-3-7-11(13)12-8-5-6-10-14-12;1-14-12-8-3-2-6-10(12)11-7-4-5-9-13-11;4*9-7(10)5-6-3-1-2-4-8-6;;;;/h1-9,11-13H;3-6,8-11H,1-2H3;3-6,8-10H,2H2,1H3;2-5,7-9H,1H3;4*1-4H,5H2,(H,9,10);;;;/q4*-1;;;;;4*+1. The average molecular weight is 2150 g/mol. The molecule has 0 saturated carbocycles. The number of hydrogen-bond acceptors (Lipinski definition) is 16. The molecule has 0 unspecified atom stereocenters. The van der Waals surface area contributed by atoms with E-state index in [1.54, 1.807) is 129 Å². The quantitative estimate of drug-likeness (QED) is 0.0547. The molecule has 0 spiro atoms. The molecule has 4 radical (unpaired) electrons. The van der Waals surface area contributed by atoms with Crippen molar-refractivity contribution in [3.8, 4) is 73.8 Å². The molecule has 0 aliphatic carbocycles. The SMILES string of the molecule is CC(C)Oc1ccc[c-]c1-c1ccccn1.CCOc1ccc[c-]c1-c1ccccn1.COc1ccc[c-]c1-c1ccccn1.O=C(O)Cc1ccccn1.O=C(O)Cc1ccccn1.O=C(O)Cc1ccccn1.O=C(O)Cc1ccccn1.[Os+].[Os+].[Os+].[Os+].[c-]1cccc(Oc2ccccc2)c1-c1ccccn1. The van der Waals surface area contributed by atoms with Gasteiger partial charge >= 0.3 is 103 Å². The fraction of sp³-hybridized carbons (Fsp3) is 0.119. The Hall–Kier alpha value is -11.1. The van der Waals surface area contributed by atoms with E-state index in [4.69, 9.17) is 39.4 Å². The van der Waals surface area contributed by atoms with Gasteiger partial charge in [-0.25, -0.2) is 0 Å². The summed E-state index contributed by atoms with van der Waals surface area (Å²) in [6, 6.07) is 89.2. The monoisotopic (exact) mass is 2160 g/mol. The van der Waals surface area contributed by atoms with Crippen molar-refractivity contribution in [1.29, 1.82) is 0 Å². The second kappa shape index (κ2) is 55.4. The van der Waals surface area contributed by atoms with E-state index in [2.05, 4.69) is 64.1 Å². The third kappa shape index (κ3) is 37.3. The first-order valence-corrected chi connectivity index (χ1v) is 32.4. The maximum Gasteiger partial charge on any atom is 1.00 e. The van der Waals surface area contributed by atoms with E-state index in [9.17, 15) is 19.2 Å². The van der Waals surface area contributed by atoms with Gasteiger partial charge in [-0.05, 0) is 128 Å².